The maximum atomic E-state index is 13.1. The van der Waals surface area contributed by atoms with E-state index in [1.807, 2.05) is 0 Å². The van der Waals surface area contributed by atoms with Crippen LogP contribution in [0.2, 0.25) is 0 Å². The Labute approximate surface area is 171 Å². The third-order valence-electron chi connectivity index (χ3n) is 4.80. The van der Waals surface area contributed by atoms with Crippen LogP contribution in [0.3, 0.4) is 0 Å². The zero-order valence-corrected chi connectivity index (χ0v) is 18.4. The van der Waals surface area contributed by atoms with E-state index >= 15 is 0 Å². The summed E-state index contributed by atoms with van der Waals surface area (Å²) in [6.07, 6.45) is 0.528. The Morgan fingerprint density at radius 2 is 1.69 bits per heavy atom. The lowest BCUT2D eigenvalue weighted by molar-refractivity contribution is 0.411. The van der Waals surface area contributed by atoms with E-state index in [0.717, 1.165) is 0 Å². The van der Waals surface area contributed by atoms with Gasteiger partial charge in [-0.15, -0.1) is 0 Å². The molecular formula is C19H24N2O6S2. The zero-order valence-electron chi connectivity index (χ0n) is 16.7. The van der Waals surface area contributed by atoms with E-state index in [4.69, 9.17) is 9.47 Å². The first-order valence-electron chi connectivity index (χ1n) is 8.95. The summed E-state index contributed by atoms with van der Waals surface area (Å²) in [6, 6.07) is 7.83. The van der Waals surface area contributed by atoms with Crippen molar-refractivity contribution in [3.63, 3.8) is 0 Å². The number of nitrogens with one attached hydrogen (secondary N) is 1. The number of anilines is 2. The summed E-state index contributed by atoms with van der Waals surface area (Å²) < 4.78 is 64.9. The molecule has 0 aliphatic carbocycles. The van der Waals surface area contributed by atoms with Crippen LogP contribution in [-0.2, 0) is 20.0 Å². The summed E-state index contributed by atoms with van der Waals surface area (Å²) in [4.78, 5) is 0.108. The molecule has 1 fully saturated rings. The molecule has 0 bridgehead atoms. The summed E-state index contributed by atoms with van der Waals surface area (Å²) in [5.74, 6) is 0.960. The normalized spacial score (nSPS) is 15.9. The molecule has 0 unspecified atom stereocenters. The number of aryl methyl sites for hydroxylation is 2. The molecule has 10 heteroatoms. The lowest BCUT2D eigenvalue weighted by Gasteiger charge is -2.20. The monoisotopic (exact) mass is 440 g/mol. The molecule has 1 N–H and O–H groups in total. The van der Waals surface area contributed by atoms with E-state index in [9.17, 15) is 16.8 Å². The number of hydrogen-bond donors (Lipinski definition) is 1. The first-order chi connectivity index (χ1) is 13.6. The van der Waals surface area contributed by atoms with Gasteiger partial charge < -0.3 is 9.47 Å². The number of sulfonamides is 2. The number of methoxy groups -OCH3 is 2. The van der Waals surface area contributed by atoms with Crippen molar-refractivity contribution >= 4 is 31.4 Å². The van der Waals surface area contributed by atoms with Gasteiger partial charge in [0.2, 0.25) is 10.0 Å². The van der Waals surface area contributed by atoms with Crippen molar-refractivity contribution in [2.75, 3.05) is 35.5 Å². The third kappa shape index (κ3) is 4.13. The Bertz CT molecular complexity index is 1140. The van der Waals surface area contributed by atoms with E-state index in [2.05, 4.69) is 4.72 Å². The molecule has 29 heavy (non-hydrogen) atoms. The van der Waals surface area contributed by atoms with Crippen LogP contribution in [-0.4, -0.2) is 43.4 Å². The number of nitrogens with zero attached hydrogens (tertiary/aromatic N) is 1. The first kappa shape index (κ1) is 21.3. The Hall–Kier alpha value is -2.46. The largest absolute Gasteiger partial charge is 0.496 e. The average Bonchev–Trinajstić information content (AvgIpc) is 3.01. The zero-order chi connectivity index (χ0) is 21.4. The molecule has 1 aliphatic rings. The highest BCUT2D eigenvalue weighted by atomic mass is 32.2. The van der Waals surface area contributed by atoms with Crippen LogP contribution in [0.25, 0.3) is 0 Å². The summed E-state index contributed by atoms with van der Waals surface area (Å²) in [5.41, 5.74) is 1.77. The van der Waals surface area contributed by atoms with Gasteiger partial charge in [0.15, 0.2) is 0 Å². The number of ether oxygens (including phenoxy) is 2. The van der Waals surface area contributed by atoms with Gasteiger partial charge in [-0.25, -0.2) is 16.8 Å². The highest BCUT2D eigenvalue weighted by Crippen LogP contribution is 2.35. The van der Waals surface area contributed by atoms with Crippen molar-refractivity contribution in [3.8, 4) is 11.5 Å². The highest BCUT2D eigenvalue weighted by molar-refractivity contribution is 7.93. The standard InChI is InChI=1S/C19H24N2O6S2/c1-13-11-19(14(2)10-18(13)27-4)29(24,25)20-16-12-15(6-7-17(16)26-3)21-8-5-9-28(21,22)23/h6-7,10-12,20H,5,8-9H2,1-4H3. The summed E-state index contributed by atoms with van der Waals surface area (Å²) >= 11 is 0. The Balaban J connectivity index is 2.03. The van der Waals surface area contributed by atoms with E-state index in [1.54, 1.807) is 32.0 Å². The lowest BCUT2D eigenvalue weighted by atomic mass is 10.1. The lowest BCUT2D eigenvalue weighted by Crippen LogP contribution is -2.25. The minimum Gasteiger partial charge on any atom is -0.496 e. The van der Waals surface area contributed by atoms with Crippen LogP contribution in [0.15, 0.2) is 35.2 Å². The van der Waals surface area contributed by atoms with Crippen molar-refractivity contribution in [2.24, 2.45) is 0 Å². The van der Waals surface area contributed by atoms with Crippen molar-refractivity contribution in [2.45, 2.75) is 25.2 Å². The molecule has 0 radical (unpaired) electrons. The molecule has 0 amide bonds. The van der Waals surface area contributed by atoms with Gasteiger partial charge in [-0.3, -0.25) is 9.03 Å². The molecule has 0 atom stereocenters. The minimum atomic E-state index is -3.95. The first-order valence-corrected chi connectivity index (χ1v) is 12.0. The van der Waals surface area contributed by atoms with E-state index < -0.39 is 20.0 Å². The maximum Gasteiger partial charge on any atom is 0.262 e. The fourth-order valence-electron chi connectivity index (χ4n) is 3.33. The second-order valence-electron chi connectivity index (χ2n) is 6.82. The predicted molar refractivity (Wildman–Crippen MR) is 112 cm³/mol. The third-order valence-corrected chi connectivity index (χ3v) is 8.17. The molecule has 0 spiro atoms. The summed E-state index contributed by atoms with van der Waals surface area (Å²) in [7, 11) is -4.39. The van der Waals surface area contributed by atoms with Gasteiger partial charge in [0, 0.05) is 6.54 Å². The van der Waals surface area contributed by atoms with Gasteiger partial charge >= 0.3 is 0 Å². The smallest absolute Gasteiger partial charge is 0.262 e. The van der Waals surface area contributed by atoms with Gasteiger partial charge in [0.05, 0.1) is 36.2 Å². The molecule has 0 aromatic heterocycles. The van der Waals surface area contributed by atoms with Gasteiger partial charge in [0.1, 0.15) is 11.5 Å². The van der Waals surface area contributed by atoms with Gasteiger partial charge in [-0.1, -0.05) is 0 Å². The summed E-state index contributed by atoms with van der Waals surface area (Å²) in [6.45, 7) is 3.80. The van der Waals surface area contributed by atoms with E-state index in [1.165, 1.54) is 30.7 Å². The Morgan fingerprint density at radius 1 is 1.00 bits per heavy atom. The predicted octanol–water partition coefficient (Wildman–Crippen LogP) is 2.66. The van der Waals surface area contributed by atoms with Crippen molar-refractivity contribution in [1.29, 1.82) is 0 Å². The number of hydrogen-bond acceptors (Lipinski definition) is 6. The van der Waals surface area contributed by atoms with Crippen LogP contribution in [0, 0.1) is 13.8 Å². The van der Waals surface area contributed by atoms with Gasteiger partial charge in [0.25, 0.3) is 10.0 Å². The SMILES string of the molecule is COc1cc(C)c(S(=O)(=O)Nc2cc(N3CCCS3(=O)=O)ccc2OC)cc1C. The highest BCUT2D eigenvalue weighted by Gasteiger charge is 2.29. The van der Waals surface area contributed by atoms with Crippen molar-refractivity contribution < 1.29 is 26.3 Å². The van der Waals surface area contributed by atoms with Crippen LogP contribution < -0.4 is 18.5 Å². The topological polar surface area (TPSA) is 102 Å². The quantitative estimate of drug-likeness (QED) is 0.741. The molecule has 1 aliphatic heterocycles. The maximum absolute atomic E-state index is 13.1. The second-order valence-corrected chi connectivity index (χ2v) is 10.5. The second kappa shape index (κ2) is 7.75. The fraction of sp³-hybridized carbons (Fsp3) is 0.368. The fourth-order valence-corrected chi connectivity index (χ4v) is 6.26. The summed E-state index contributed by atoms with van der Waals surface area (Å²) in [5, 5.41) is 0. The molecule has 1 heterocycles. The van der Waals surface area contributed by atoms with E-state index in [-0.39, 0.29) is 22.1 Å². The van der Waals surface area contributed by atoms with Crippen LogP contribution in [0.5, 0.6) is 11.5 Å². The Kier molecular flexibility index (Phi) is 5.68. The average molecular weight is 441 g/mol. The molecule has 158 valence electrons. The Morgan fingerprint density at radius 3 is 2.28 bits per heavy atom. The molecule has 3 rings (SSSR count). The van der Waals surface area contributed by atoms with Gasteiger partial charge in [-0.2, -0.15) is 0 Å². The molecular weight excluding hydrogens is 416 g/mol. The minimum absolute atomic E-state index is 0.0738. The molecule has 2 aromatic rings. The number of benzene rings is 2. The molecule has 2 aromatic carbocycles. The number of rotatable bonds is 6. The molecule has 8 nitrogen and oxygen atoms in total. The van der Waals surface area contributed by atoms with Crippen molar-refractivity contribution in [1.82, 2.24) is 0 Å². The van der Waals surface area contributed by atoms with Crippen LogP contribution >= 0.6 is 0 Å². The van der Waals surface area contributed by atoms with E-state index in [0.29, 0.717) is 35.5 Å². The van der Waals surface area contributed by atoms with Crippen molar-refractivity contribution in [3.05, 3.63) is 41.5 Å². The molecule has 1 saturated heterocycles. The molecule has 0 saturated carbocycles. The van der Waals surface area contributed by atoms with Crippen LogP contribution in [0.1, 0.15) is 17.5 Å². The van der Waals surface area contributed by atoms with Gasteiger partial charge in [-0.05, 0) is 61.7 Å². The van der Waals surface area contributed by atoms with Crippen LogP contribution in [0.4, 0.5) is 11.4 Å².